The van der Waals surface area contributed by atoms with Crippen molar-refractivity contribution in [1.82, 2.24) is 4.90 Å². The van der Waals surface area contributed by atoms with Crippen LogP contribution in [0.1, 0.15) is 37.6 Å². The van der Waals surface area contributed by atoms with E-state index in [0.717, 1.165) is 0 Å². The number of hydrogen-bond donors (Lipinski definition) is 0. The molecule has 1 aliphatic rings. The molecule has 1 fully saturated rings. The fourth-order valence-electron chi connectivity index (χ4n) is 2.21. The first-order valence-electron chi connectivity index (χ1n) is 7.09. The van der Waals surface area contributed by atoms with E-state index in [0.29, 0.717) is 29.3 Å². The maximum atomic E-state index is 12.6. The number of nitrogens with zero attached hydrogens (tertiary/aromatic N) is 1. The van der Waals surface area contributed by atoms with Gasteiger partial charge in [0.05, 0.1) is 7.11 Å². The fraction of sp³-hybridized carbons (Fsp3) is 0.500. The Morgan fingerprint density at radius 2 is 1.95 bits per heavy atom. The van der Waals surface area contributed by atoms with E-state index in [-0.39, 0.29) is 5.78 Å². The van der Waals surface area contributed by atoms with Crippen LogP contribution < -0.4 is 4.74 Å². The van der Waals surface area contributed by atoms with Crippen molar-refractivity contribution in [2.24, 2.45) is 0 Å². The van der Waals surface area contributed by atoms with Gasteiger partial charge < -0.3 is 9.47 Å². The minimum absolute atomic E-state index is 0.155. The first kappa shape index (κ1) is 16.6. The number of Topliss-reactive ketones (excluding diaryl/α,β-unsaturated/α-hetero) is 1. The molecule has 0 saturated carbocycles. The van der Waals surface area contributed by atoms with E-state index in [2.05, 4.69) is 0 Å². The van der Waals surface area contributed by atoms with Crippen LogP contribution in [0.2, 0.25) is 5.02 Å². The van der Waals surface area contributed by atoms with Crippen LogP contribution in [0.4, 0.5) is 4.79 Å². The Morgan fingerprint density at radius 1 is 1.27 bits per heavy atom. The lowest BCUT2D eigenvalue weighted by Gasteiger charge is -2.40. The zero-order valence-electron chi connectivity index (χ0n) is 13.2. The van der Waals surface area contributed by atoms with Crippen LogP contribution in [0, 0.1) is 0 Å². The van der Waals surface area contributed by atoms with Gasteiger partial charge in [-0.2, -0.15) is 0 Å². The van der Waals surface area contributed by atoms with Gasteiger partial charge in [0.15, 0.2) is 5.78 Å². The summed E-state index contributed by atoms with van der Waals surface area (Å²) in [6.45, 7) is 5.90. The summed E-state index contributed by atoms with van der Waals surface area (Å²) in [4.78, 5) is 26.1. The predicted octanol–water partition coefficient (Wildman–Crippen LogP) is 3.54. The Balaban J connectivity index is 2.13. The van der Waals surface area contributed by atoms with Crippen molar-refractivity contribution < 1.29 is 19.1 Å². The van der Waals surface area contributed by atoms with Gasteiger partial charge in [-0.1, -0.05) is 11.6 Å². The number of halogens is 1. The number of amides is 1. The lowest BCUT2D eigenvalue weighted by molar-refractivity contribution is -0.00268. The largest absolute Gasteiger partial charge is 0.497 e. The van der Waals surface area contributed by atoms with E-state index in [1.54, 1.807) is 39.0 Å². The summed E-state index contributed by atoms with van der Waals surface area (Å²) in [5.74, 6) is 0.358. The highest BCUT2D eigenvalue weighted by Crippen LogP contribution is 2.27. The molecule has 1 amide bonds. The van der Waals surface area contributed by atoms with E-state index in [1.165, 1.54) is 12.0 Å². The number of ether oxygens (including phenoxy) is 2. The molecule has 1 atom stereocenters. The molecule has 1 aliphatic heterocycles. The minimum Gasteiger partial charge on any atom is -0.497 e. The maximum Gasteiger partial charge on any atom is 0.410 e. The molecule has 1 saturated heterocycles. The molecule has 120 valence electrons. The number of carbonyl (C=O) groups is 2. The summed E-state index contributed by atoms with van der Waals surface area (Å²) in [7, 11) is 1.51. The van der Waals surface area contributed by atoms with Crippen LogP contribution in [0.3, 0.4) is 0 Å². The third-order valence-electron chi connectivity index (χ3n) is 3.34. The van der Waals surface area contributed by atoms with Gasteiger partial charge in [-0.05, 0) is 45.4 Å². The van der Waals surface area contributed by atoms with Crippen molar-refractivity contribution in [3.63, 3.8) is 0 Å². The minimum atomic E-state index is -0.584. The number of ketones is 1. The zero-order chi connectivity index (χ0) is 16.5. The number of benzene rings is 1. The molecular weight excluding hydrogens is 306 g/mol. The highest BCUT2D eigenvalue weighted by molar-refractivity contribution is 6.31. The molecule has 0 spiro atoms. The molecular formula is C16H20ClNO4. The average molecular weight is 326 g/mol. The number of rotatable bonds is 3. The quantitative estimate of drug-likeness (QED) is 0.798. The summed E-state index contributed by atoms with van der Waals surface area (Å²) in [5.41, 5.74) is -0.151. The molecule has 1 heterocycles. The van der Waals surface area contributed by atoms with Gasteiger partial charge in [0.2, 0.25) is 0 Å². The van der Waals surface area contributed by atoms with Crippen molar-refractivity contribution in [3.05, 3.63) is 28.8 Å². The van der Waals surface area contributed by atoms with Crippen molar-refractivity contribution in [2.45, 2.75) is 38.8 Å². The third kappa shape index (κ3) is 3.71. The van der Waals surface area contributed by atoms with Gasteiger partial charge in [0, 0.05) is 17.1 Å². The molecule has 5 nitrogen and oxygen atoms in total. The monoisotopic (exact) mass is 325 g/mol. The van der Waals surface area contributed by atoms with E-state index in [4.69, 9.17) is 21.1 Å². The summed E-state index contributed by atoms with van der Waals surface area (Å²) in [6.07, 6.45) is 0.151. The van der Waals surface area contributed by atoms with Gasteiger partial charge in [0.1, 0.15) is 17.4 Å². The molecule has 1 aromatic rings. The van der Waals surface area contributed by atoms with Crippen LogP contribution in [-0.4, -0.2) is 42.1 Å². The van der Waals surface area contributed by atoms with Crippen molar-refractivity contribution in [1.29, 1.82) is 0 Å². The molecule has 0 aliphatic carbocycles. The molecule has 0 N–H and O–H groups in total. The van der Waals surface area contributed by atoms with Crippen LogP contribution in [-0.2, 0) is 4.74 Å². The summed E-state index contributed by atoms with van der Waals surface area (Å²) < 4.78 is 10.4. The molecule has 2 rings (SSSR count). The van der Waals surface area contributed by atoms with Gasteiger partial charge in [0.25, 0.3) is 0 Å². The molecule has 1 aromatic carbocycles. The normalized spacial score (nSPS) is 17.7. The van der Waals surface area contributed by atoms with Gasteiger partial charge in [-0.25, -0.2) is 4.79 Å². The topological polar surface area (TPSA) is 55.8 Å². The molecule has 0 bridgehead atoms. The van der Waals surface area contributed by atoms with E-state index >= 15 is 0 Å². The fourth-order valence-corrected chi connectivity index (χ4v) is 2.44. The van der Waals surface area contributed by atoms with Crippen LogP contribution >= 0.6 is 11.6 Å². The average Bonchev–Trinajstić information content (AvgIpc) is 2.34. The van der Waals surface area contributed by atoms with Gasteiger partial charge in [-0.15, -0.1) is 0 Å². The number of hydrogen-bond acceptors (Lipinski definition) is 4. The molecule has 22 heavy (non-hydrogen) atoms. The molecule has 0 aromatic heterocycles. The Hall–Kier alpha value is -1.75. The lowest BCUT2D eigenvalue weighted by Crippen LogP contribution is -2.56. The number of likely N-dealkylation sites (tertiary alicyclic amines) is 1. The SMILES string of the molecule is COc1cc(Cl)cc(C(=O)[C@H]2CCN2C(=O)OC(C)(C)C)c1. The Labute approximate surface area is 135 Å². The molecule has 6 heteroatoms. The third-order valence-corrected chi connectivity index (χ3v) is 3.56. The maximum absolute atomic E-state index is 12.6. The second-order valence-corrected chi connectivity index (χ2v) is 6.66. The van der Waals surface area contributed by atoms with Gasteiger partial charge >= 0.3 is 6.09 Å². The predicted molar refractivity (Wildman–Crippen MR) is 83.7 cm³/mol. The highest BCUT2D eigenvalue weighted by Gasteiger charge is 2.40. The van der Waals surface area contributed by atoms with Gasteiger partial charge in [-0.3, -0.25) is 9.69 Å². The Bertz CT molecular complexity index is 594. The Kier molecular flexibility index (Phi) is 4.66. The first-order valence-corrected chi connectivity index (χ1v) is 7.47. The van der Waals surface area contributed by atoms with E-state index < -0.39 is 17.7 Å². The molecule has 0 unspecified atom stereocenters. The highest BCUT2D eigenvalue weighted by atomic mass is 35.5. The number of methoxy groups -OCH3 is 1. The van der Waals surface area contributed by atoms with Crippen molar-refractivity contribution >= 4 is 23.5 Å². The summed E-state index contributed by atoms with van der Waals surface area (Å²) in [6, 6.07) is 4.33. The smallest absolute Gasteiger partial charge is 0.410 e. The lowest BCUT2D eigenvalue weighted by atomic mass is 9.94. The summed E-state index contributed by atoms with van der Waals surface area (Å²) in [5, 5.41) is 0.422. The second-order valence-electron chi connectivity index (χ2n) is 6.22. The van der Waals surface area contributed by atoms with Crippen LogP contribution in [0.5, 0.6) is 5.75 Å². The zero-order valence-corrected chi connectivity index (χ0v) is 13.9. The van der Waals surface area contributed by atoms with Crippen molar-refractivity contribution in [3.8, 4) is 5.75 Å². The van der Waals surface area contributed by atoms with Crippen molar-refractivity contribution in [2.75, 3.05) is 13.7 Å². The molecule has 0 radical (unpaired) electrons. The number of carbonyl (C=O) groups excluding carboxylic acids is 2. The Morgan fingerprint density at radius 3 is 2.45 bits per heavy atom. The van der Waals surface area contributed by atoms with Crippen LogP contribution in [0.15, 0.2) is 18.2 Å². The van der Waals surface area contributed by atoms with E-state index in [9.17, 15) is 9.59 Å². The van der Waals surface area contributed by atoms with Crippen LogP contribution in [0.25, 0.3) is 0 Å². The van der Waals surface area contributed by atoms with E-state index in [1.807, 2.05) is 0 Å². The summed E-state index contributed by atoms with van der Waals surface area (Å²) >= 11 is 5.99. The first-order chi connectivity index (χ1) is 10.2. The standard InChI is InChI=1S/C16H20ClNO4/c1-16(2,3)22-15(20)18-6-5-13(18)14(19)10-7-11(17)9-12(8-10)21-4/h7-9,13H,5-6H2,1-4H3/t13-/m1/s1. The second kappa shape index (κ2) is 6.16.